The minimum atomic E-state index is -0.413. The highest BCUT2D eigenvalue weighted by Gasteiger charge is 2.41. The number of benzene rings is 3. The van der Waals surface area contributed by atoms with Gasteiger partial charge in [-0.05, 0) is 42.5 Å². The molecule has 0 saturated carbocycles. The fourth-order valence-electron chi connectivity index (χ4n) is 4.16. The average molecular weight is 493 g/mol. The van der Waals surface area contributed by atoms with E-state index in [4.69, 9.17) is 19.3 Å². The third-order valence-corrected chi connectivity index (χ3v) is 6.27. The minimum Gasteiger partial charge on any atom is -0.497 e. The number of fused-ring (bicyclic) bond motifs is 3. The van der Waals surface area contributed by atoms with Crippen molar-refractivity contribution in [3.63, 3.8) is 0 Å². The first-order valence-corrected chi connectivity index (χ1v) is 11.0. The highest BCUT2D eigenvalue weighted by atomic mass is 79.9. The van der Waals surface area contributed by atoms with Crippen LogP contribution in [-0.2, 0) is 4.74 Å². The van der Waals surface area contributed by atoms with Crippen LogP contribution in [0.1, 0.15) is 45.7 Å². The van der Waals surface area contributed by atoms with Crippen LogP contribution in [0.2, 0.25) is 0 Å². The second kappa shape index (κ2) is 8.31. The Labute approximate surface area is 194 Å². The van der Waals surface area contributed by atoms with E-state index >= 15 is 0 Å². The number of halogens is 1. The van der Waals surface area contributed by atoms with E-state index in [2.05, 4.69) is 22.0 Å². The summed E-state index contributed by atoms with van der Waals surface area (Å²) in [6.45, 7) is 0. The number of hydrazone groups is 1. The molecule has 0 amide bonds. The Kier molecular flexibility index (Phi) is 5.35. The number of nitrogens with zero attached hydrogens (tertiary/aromatic N) is 2. The van der Waals surface area contributed by atoms with Gasteiger partial charge in [0.1, 0.15) is 11.5 Å². The van der Waals surface area contributed by atoms with Crippen molar-refractivity contribution >= 4 is 27.6 Å². The number of ether oxygens (including phenoxy) is 3. The first-order valence-electron chi connectivity index (χ1n) is 10.2. The Hall–Kier alpha value is -3.32. The molecular formula is C25H21BrN2O4. The van der Waals surface area contributed by atoms with Gasteiger partial charge < -0.3 is 14.2 Å². The van der Waals surface area contributed by atoms with Crippen molar-refractivity contribution in [2.24, 2.45) is 5.10 Å². The topological polar surface area (TPSA) is 60.4 Å². The van der Waals surface area contributed by atoms with E-state index < -0.39 is 6.23 Å². The minimum absolute atomic E-state index is 0.0303. The molecule has 3 aromatic rings. The summed E-state index contributed by atoms with van der Waals surface area (Å²) in [5.41, 5.74) is 4.49. The van der Waals surface area contributed by atoms with E-state index in [0.29, 0.717) is 5.56 Å². The number of carbonyl (C=O) groups is 1. The second-order valence-electron chi connectivity index (χ2n) is 7.64. The van der Waals surface area contributed by atoms with Crippen LogP contribution in [0.15, 0.2) is 76.3 Å². The van der Waals surface area contributed by atoms with Crippen molar-refractivity contribution in [1.82, 2.24) is 5.01 Å². The van der Waals surface area contributed by atoms with E-state index in [1.165, 1.54) is 7.11 Å². The zero-order chi connectivity index (χ0) is 22.2. The SMILES string of the molecule is COC(=O)c1ccc([C@H]2Oc3ccc(Br)cc3[C@@H]3CC(c4cccc(OC)c4)=NN23)cc1. The van der Waals surface area contributed by atoms with Gasteiger partial charge in [-0.1, -0.05) is 40.2 Å². The summed E-state index contributed by atoms with van der Waals surface area (Å²) in [6.07, 6.45) is 0.333. The number of methoxy groups -OCH3 is 2. The molecule has 0 bridgehead atoms. The van der Waals surface area contributed by atoms with Gasteiger partial charge in [-0.3, -0.25) is 0 Å². The maximum Gasteiger partial charge on any atom is 0.337 e. The normalized spacial score (nSPS) is 18.8. The van der Waals surface area contributed by atoms with Crippen molar-refractivity contribution in [3.05, 3.63) is 93.5 Å². The molecule has 6 nitrogen and oxygen atoms in total. The van der Waals surface area contributed by atoms with Gasteiger partial charge in [-0.15, -0.1) is 0 Å². The molecule has 3 aromatic carbocycles. The maximum atomic E-state index is 11.8. The van der Waals surface area contributed by atoms with Crippen molar-refractivity contribution in [1.29, 1.82) is 0 Å². The van der Waals surface area contributed by atoms with Crippen molar-refractivity contribution in [2.45, 2.75) is 18.7 Å². The summed E-state index contributed by atoms with van der Waals surface area (Å²) in [5, 5.41) is 6.99. The van der Waals surface area contributed by atoms with Crippen LogP contribution in [0.3, 0.4) is 0 Å². The second-order valence-corrected chi connectivity index (χ2v) is 8.56. The van der Waals surface area contributed by atoms with Crippen LogP contribution in [0.25, 0.3) is 0 Å². The molecule has 0 fully saturated rings. The largest absolute Gasteiger partial charge is 0.497 e. The lowest BCUT2D eigenvalue weighted by Gasteiger charge is -2.38. The quantitative estimate of drug-likeness (QED) is 0.450. The molecule has 32 heavy (non-hydrogen) atoms. The number of hydrogen-bond donors (Lipinski definition) is 0. The number of rotatable bonds is 4. The van der Waals surface area contributed by atoms with Gasteiger partial charge in [-0.25, -0.2) is 9.80 Å². The van der Waals surface area contributed by atoms with Gasteiger partial charge in [0, 0.05) is 27.6 Å². The maximum absolute atomic E-state index is 11.8. The number of carbonyl (C=O) groups excluding carboxylic acids is 1. The predicted molar refractivity (Wildman–Crippen MR) is 124 cm³/mol. The summed E-state index contributed by atoms with van der Waals surface area (Å²) in [6, 6.07) is 21.3. The molecule has 0 aromatic heterocycles. The molecule has 0 spiro atoms. The van der Waals surface area contributed by atoms with Crippen LogP contribution in [0, 0.1) is 0 Å². The zero-order valence-corrected chi connectivity index (χ0v) is 19.2. The Morgan fingerprint density at radius 1 is 1.09 bits per heavy atom. The summed E-state index contributed by atoms with van der Waals surface area (Å²) in [7, 11) is 3.04. The fourth-order valence-corrected chi connectivity index (χ4v) is 4.54. The van der Waals surface area contributed by atoms with Crippen molar-refractivity contribution in [3.8, 4) is 11.5 Å². The van der Waals surface area contributed by atoms with Crippen LogP contribution in [-0.4, -0.2) is 30.9 Å². The molecule has 5 rings (SSSR count). The van der Waals surface area contributed by atoms with E-state index in [9.17, 15) is 4.79 Å². The van der Waals surface area contributed by atoms with E-state index in [0.717, 1.165) is 44.8 Å². The molecule has 2 aliphatic heterocycles. The molecule has 2 heterocycles. The lowest BCUT2D eigenvalue weighted by molar-refractivity contribution is -0.0191. The van der Waals surface area contributed by atoms with Gasteiger partial charge in [-0.2, -0.15) is 5.10 Å². The molecule has 0 unspecified atom stereocenters. The van der Waals surface area contributed by atoms with Gasteiger partial charge in [0.25, 0.3) is 0 Å². The fraction of sp³-hybridized carbons (Fsp3) is 0.200. The number of hydrogen-bond acceptors (Lipinski definition) is 6. The smallest absolute Gasteiger partial charge is 0.337 e. The molecule has 2 atom stereocenters. The number of esters is 1. The summed E-state index contributed by atoms with van der Waals surface area (Å²) >= 11 is 3.58. The molecule has 162 valence electrons. The first kappa shape index (κ1) is 20.6. The van der Waals surface area contributed by atoms with Crippen LogP contribution in [0.5, 0.6) is 11.5 Å². The van der Waals surface area contributed by atoms with E-state index in [-0.39, 0.29) is 12.0 Å². The van der Waals surface area contributed by atoms with Gasteiger partial charge in [0.15, 0.2) is 0 Å². The van der Waals surface area contributed by atoms with Crippen LogP contribution >= 0.6 is 15.9 Å². The first-order chi connectivity index (χ1) is 15.6. The monoisotopic (exact) mass is 492 g/mol. The molecular weight excluding hydrogens is 472 g/mol. The summed E-state index contributed by atoms with van der Waals surface area (Å²) < 4.78 is 17.6. The van der Waals surface area contributed by atoms with E-state index in [1.807, 2.05) is 53.5 Å². The summed E-state index contributed by atoms with van der Waals surface area (Å²) in [5.74, 6) is 1.26. The third-order valence-electron chi connectivity index (χ3n) is 5.77. The predicted octanol–water partition coefficient (Wildman–Crippen LogP) is 5.49. The molecule has 2 aliphatic rings. The Balaban J connectivity index is 1.56. The lowest BCUT2D eigenvalue weighted by Crippen LogP contribution is -2.33. The van der Waals surface area contributed by atoms with Gasteiger partial charge >= 0.3 is 5.97 Å². The van der Waals surface area contributed by atoms with E-state index in [1.54, 1.807) is 19.2 Å². The molecule has 0 radical (unpaired) electrons. The van der Waals surface area contributed by atoms with Crippen LogP contribution < -0.4 is 9.47 Å². The highest BCUT2D eigenvalue weighted by Crippen LogP contribution is 2.48. The van der Waals surface area contributed by atoms with Crippen LogP contribution in [0.4, 0.5) is 0 Å². The Bertz CT molecular complexity index is 1210. The zero-order valence-electron chi connectivity index (χ0n) is 17.6. The molecule has 7 heteroatoms. The third kappa shape index (κ3) is 3.62. The lowest BCUT2D eigenvalue weighted by atomic mass is 9.95. The van der Waals surface area contributed by atoms with Gasteiger partial charge in [0.05, 0.1) is 31.5 Å². The van der Waals surface area contributed by atoms with Gasteiger partial charge in [0.2, 0.25) is 6.23 Å². The highest BCUT2D eigenvalue weighted by molar-refractivity contribution is 9.10. The molecule has 0 aliphatic carbocycles. The summed E-state index contributed by atoms with van der Waals surface area (Å²) in [4.78, 5) is 11.8. The average Bonchev–Trinajstić information content (AvgIpc) is 3.29. The Morgan fingerprint density at radius 2 is 1.91 bits per heavy atom. The van der Waals surface area contributed by atoms with Crippen molar-refractivity contribution in [2.75, 3.05) is 14.2 Å². The molecule has 0 N–H and O–H groups in total. The molecule has 0 saturated heterocycles. The Morgan fingerprint density at radius 3 is 2.66 bits per heavy atom. The standard InChI is InChI=1S/C25H21BrN2O4/c1-30-19-5-3-4-17(12-19)21-14-22-20-13-18(26)10-11-23(20)32-24(28(22)27-21)15-6-8-16(9-7-15)25(29)31-2/h3-13,22,24H,14H2,1-2H3/t22-,24+/m0/s1. The van der Waals surface area contributed by atoms with Crippen molar-refractivity contribution < 1.29 is 19.0 Å².